The topological polar surface area (TPSA) is 41.1 Å². The molecule has 110 valence electrons. The number of hydrogen-bond donors (Lipinski definition) is 2. The highest BCUT2D eigenvalue weighted by molar-refractivity contribution is 7.99. The fourth-order valence-electron chi connectivity index (χ4n) is 1.66. The quantitative estimate of drug-likeness (QED) is 0.499. The van der Waals surface area contributed by atoms with E-state index in [1.165, 1.54) is 11.8 Å². The van der Waals surface area contributed by atoms with Gasteiger partial charge in [0.1, 0.15) is 5.69 Å². The van der Waals surface area contributed by atoms with Crippen LogP contribution in [0.5, 0.6) is 0 Å². The molecule has 2 rings (SSSR count). The normalized spacial score (nSPS) is 18.9. The second kappa shape index (κ2) is 5.96. The van der Waals surface area contributed by atoms with Gasteiger partial charge < -0.3 is 10.6 Å². The van der Waals surface area contributed by atoms with Gasteiger partial charge in [0, 0.05) is 18.1 Å². The van der Waals surface area contributed by atoms with E-state index in [1.54, 1.807) is 5.32 Å². The maximum Gasteiger partial charge on any atom is 0.242 e. The van der Waals surface area contributed by atoms with E-state index in [9.17, 15) is 26.7 Å². The number of rotatable bonds is 2. The van der Waals surface area contributed by atoms with Gasteiger partial charge in [-0.15, -0.1) is 0 Å². The first-order valence-electron chi connectivity index (χ1n) is 5.57. The van der Waals surface area contributed by atoms with Gasteiger partial charge in [-0.25, -0.2) is 22.0 Å². The lowest BCUT2D eigenvalue weighted by Crippen LogP contribution is -2.46. The Morgan fingerprint density at radius 3 is 2.10 bits per heavy atom. The molecule has 1 heterocycles. The average molecular weight is 312 g/mol. The van der Waals surface area contributed by atoms with Crippen LogP contribution in [0, 0.1) is 29.1 Å². The van der Waals surface area contributed by atoms with Gasteiger partial charge in [0.25, 0.3) is 0 Å². The summed E-state index contributed by atoms with van der Waals surface area (Å²) in [6, 6.07) is -0.747. The van der Waals surface area contributed by atoms with E-state index in [-0.39, 0.29) is 0 Å². The van der Waals surface area contributed by atoms with Crippen molar-refractivity contribution < 1.29 is 26.7 Å². The van der Waals surface area contributed by atoms with Gasteiger partial charge in [-0.05, 0) is 0 Å². The minimum Gasteiger partial charge on any atom is -0.320 e. The van der Waals surface area contributed by atoms with Crippen molar-refractivity contribution in [1.82, 2.24) is 5.32 Å². The monoisotopic (exact) mass is 312 g/mol. The van der Waals surface area contributed by atoms with Crippen molar-refractivity contribution in [1.29, 1.82) is 0 Å². The Labute approximate surface area is 114 Å². The molecule has 1 saturated heterocycles. The molecular weight excluding hydrogens is 303 g/mol. The molecule has 2 N–H and O–H groups in total. The Morgan fingerprint density at radius 1 is 1.05 bits per heavy atom. The predicted octanol–water partition coefficient (Wildman–Crippen LogP) is 2.03. The van der Waals surface area contributed by atoms with Crippen LogP contribution in [-0.4, -0.2) is 30.0 Å². The summed E-state index contributed by atoms with van der Waals surface area (Å²) in [5, 5.41) is 4.52. The summed E-state index contributed by atoms with van der Waals surface area (Å²) >= 11 is 1.44. The van der Waals surface area contributed by atoms with Crippen molar-refractivity contribution in [2.24, 2.45) is 0 Å². The van der Waals surface area contributed by atoms with Crippen molar-refractivity contribution in [2.75, 3.05) is 23.4 Å². The van der Waals surface area contributed by atoms with Crippen molar-refractivity contribution in [3.8, 4) is 0 Å². The minimum atomic E-state index is -2.26. The number of carbonyl (C=O) groups excluding carboxylic acids is 1. The molecule has 1 atom stereocenters. The van der Waals surface area contributed by atoms with Crippen molar-refractivity contribution >= 4 is 23.4 Å². The maximum atomic E-state index is 13.4. The zero-order valence-electron chi connectivity index (χ0n) is 9.90. The Hall–Kier alpha value is -1.35. The molecule has 20 heavy (non-hydrogen) atoms. The molecule has 0 saturated carbocycles. The fraction of sp³-hybridized carbons (Fsp3) is 0.364. The molecule has 1 aromatic carbocycles. The van der Waals surface area contributed by atoms with Gasteiger partial charge in [-0.3, -0.25) is 4.79 Å². The van der Waals surface area contributed by atoms with Crippen molar-refractivity contribution in [3.63, 3.8) is 0 Å². The first kappa shape index (κ1) is 15.0. The second-order valence-electron chi connectivity index (χ2n) is 4.02. The molecule has 9 heteroatoms. The summed E-state index contributed by atoms with van der Waals surface area (Å²) in [6.45, 7) is 0.514. The van der Waals surface area contributed by atoms with Crippen molar-refractivity contribution in [2.45, 2.75) is 6.04 Å². The molecular formula is C11H9F5N2OS. The summed E-state index contributed by atoms with van der Waals surface area (Å²) in [5.74, 6) is -10.3. The summed E-state index contributed by atoms with van der Waals surface area (Å²) in [7, 11) is 0. The summed E-state index contributed by atoms with van der Waals surface area (Å²) in [5.41, 5.74) is -1.33. The van der Waals surface area contributed by atoms with Crippen LogP contribution in [0.1, 0.15) is 0 Å². The smallest absolute Gasteiger partial charge is 0.242 e. The molecule has 3 nitrogen and oxygen atoms in total. The summed E-state index contributed by atoms with van der Waals surface area (Å²) in [6.07, 6.45) is 0. The molecule has 1 aliphatic rings. The SMILES string of the molecule is O=C(Nc1c(F)c(F)c(F)c(F)c1F)C1CSCCN1. The molecule has 0 aromatic heterocycles. The number of amides is 1. The minimum absolute atomic E-state index is 0.348. The van der Waals surface area contributed by atoms with E-state index in [0.717, 1.165) is 5.75 Å². The van der Waals surface area contributed by atoms with E-state index in [4.69, 9.17) is 0 Å². The highest BCUT2D eigenvalue weighted by Gasteiger charge is 2.29. The number of thioether (sulfide) groups is 1. The maximum absolute atomic E-state index is 13.4. The first-order chi connectivity index (χ1) is 9.43. The van der Waals surface area contributed by atoms with Crippen LogP contribution < -0.4 is 10.6 Å². The standard InChI is InChI=1S/C11H9F5N2OS/c12-5-6(13)8(15)10(9(16)7(5)14)18-11(19)4-3-20-2-1-17-4/h4,17H,1-3H2,(H,18,19). The van der Waals surface area contributed by atoms with Gasteiger partial charge >= 0.3 is 0 Å². The van der Waals surface area contributed by atoms with Crippen LogP contribution in [0.2, 0.25) is 0 Å². The zero-order chi connectivity index (χ0) is 14.9. The lowest BCUT2D eigenvalue weighted by molar-refractivity contribution is -0.117. The zero-order valence-corrected chi connectivity index (χ0v) is 10.7. The number of anilines is 1. The fourth-order valence-corrected chi connectivity index (χ4v) is 2.59. The second-order valence-corrected chi connectivity index (χ2v) is 5.17. The lowest BCUT2D eigenvalue weighted by Gasteiger charge is -2.22. The van der Waals surface area contributed by atoms with Gasteiger partial charge in [-0.1, -0.05) is 0 Å². The van der Waals surface area contributed by atoms with Crippen LogP contribution in [0.15, 0.2) is 0 Å². The summed E-state index contributed by atoms with van der Waals surface area (Å²) in [4.78, 5) is 11.7. The van der Waals surface area contributed by atoms with Gasteiger partial charge in [0.05, 0.1) is 6.04 Å². The predicted molar refractivity (Wildman–Crippen MR) is 64.0 cm³/mol. The molecule has 1 fully saturated rings. The molecule has 1 unspecified atom stereocenters. The molecule has 1 amide bonds. The van der Waals surface area contributed by atoms with Crippen LogP contribution in [-0.2, 0) is 4.79 Å². The molecule has 0 aliphatic carbocycles. The van der Waals surface area contributed by atoms with E-state index in [1.807, 2.05) is 0 Å². The number of hydrogen-bond acceptors (Lipinski definition) is 3. The Kier molecular flexibility index (Phi) is 4.48. The van der Waals surface area contributed by atoms with Gasteiger partial charge in [0.15, 0.2) is 23.3 Å². The van der Waals surface area contributed by atoms with E-state index < -0.39 is 46.7 Å². The highest BCUT2D eigenvalue weighted by atomic mass is 32.2. The number of nitrogens with one attached hydrogen (secondary N) is 2. The van der Waals surface area contributed by atoms with Crippen LogP contribution in [0.3, 0.4) is 0 Å². The van der Waals surface area contributed by atoms with E-state index in [2.05, 4.69) is 5.32 Å². The summed E-state index contributed by atoms with van der Waals surface area (Å²) < 4.78 is 65.5. The average Bonchev–Trinajstić information content (AvgIpc) is 2.48. The van der Waals surface area contributed by atoms with Gasteiger partial charge in [-0.2, -0.15) is 11.8 Å². The lowest BCUT2D eigenvalue weighted by atomic mass is 10.2. The largest absolute Gasteiger partial charge is 0.320 e. The van der Waals surface area contributed by atoms with Crippen molar-refractivity contribution in [3.05, 3.63) is 29.1 Å². The number of benzene rings is 1. The Balaban J connectivity index is 2.27. The molecule has 1 aromatic rings. The molecule has 0 bridgehead atoms. The molecule has 1 aliphatic heterocycles. The Morgan fingerprint density at radius 2 is 1.60 bits per heavy atom. The van der Waals surface area contributed by atoms with Crippen LogP contribution in [0.25, 0.3) is 0 Å². The van der Waals surface area contributed by atoms with Crippen LogP contribution in [0.4, 0.5) is 27.6 Å². The molecule has 0 radical (unpaired) electrons. The van der Waals surface area contributed by atoms with Crippen LogP contribution >= 0.6 is 11.8 Å². The van der Waals surface area contributed by atoms with E-state index >= 15 is 0 Å². The third kappa shape index (κ3) is 2.73. The molecule has 0 spiro atoms. The Bertz CT molecular complexity index is 519. The first-order valence-corrected chi connectivity index (χ1v) is 6.72. The number of carbonyl (C=O) groups is 1. The van der Waals surface area contributed by atoms with Gasteiger partial charge in [0.2, 0.25) is 11.7 Å². The third-order valence-corrected chi connectivity index (χ3v) is 3.76. The number of halogens is 5. The third-order valence-electron chi connectivity index (χ3n) is 2.70. The highest BCUT2D eigenvalue weighted by Crippen LogP contribution is 2.27. The van der Waals surface area contributed by atoms with E-state index in [0.29, 0.717) is 12.3 Å².